The number of hydrogen-bond donors (Lipinski definition) is 1. The van der Waals surface area contributed by atoms with Gasteiger partial charge in [0.25, 0.3) is 0 Å². The zero-order chi connectivity index (χ0) is 25.8. The fraction of sp³-hybridized carbons (Fsp3) is 0.480. The van der Waals surface area contributed by atoms with Crippen LogP contribution in [0.5, 0.6) is 0 Å². The summed E-state index contributed by atoms with van der Waals surface area (Å²) < 4.78 is 40.9. The average Bonchev–Trinajstić information content (AvgIpc) is 3.45. The van der Waals surface area contributed by atoms with Gasteiger partial charge in [-0.15, -0.1) is 0 Å². The van der Waals surface area contributed by atoms with Crippen molar-refractivity contribution >= 4 is 32.2 Å². The van der Waals surface area contributed by atoms with Crippen molar-refractivity contribution in [2.24, 2.45) is 0 Å². The minimum absolute atomic E-state index is 0.0671. The molecule has 0 amide bonds. The third-order valence-corrected chi connectivity index (χ3v) is 8.15. The molecular formula is C25H32FN7O2S. The molecule has 0 aliphatic carbocycles. The summed E-state index contributed by atoms with van der Waals surface area (Å²) in [5.41, 5.74) is 6.34. The van der Waals surface area contributed by atoms with Crippen molar-refractivity contribution in [3.63, 3.8) is 0 Å². The van der Waals surface area contributed by atoms with Crippen LogP contribution in [0.1, 0.15) is 36.5 Å². The minimum Gasteiger partial charge on any atom is -0.353 e. The monoisotopic (exact) mass is 513 g/mol. The first-order valence-corrected chi connectivity index (χ1v) is 14.3. The van der Waals surface area contributed by atoms with Gasteiger partial charge in [0.05, 0.1) is 23.2 Å². The van der Waals surface area contributed by atoms with Gasteiger partial charge in [-0.05, 0) is 36.5 Å². The number of H-pyrrole nitrogens is 1. The lowest BCUT2D eigenvalue weighted by Crippen LogP contribution is -2.48. The first-order chi connectivity index (χ1) is 17.0. The number of aromatic nitrogens is 5. The molecule has 0 aromatic carbocycles. The summed E-state index contributed by atoms with van der Waals surface area (Å²) in [7, 11) is -3.01. The van der Waals surface area contributed by atoms with E-state index in [4.69, 9.17) is 0 Å². The molecular weight excluding hydrogens is 481 g/mol. The summed E-state index contributed by atoms with van der Waals surface area (Å²) in [6, 6.07) is 0. The molecule has 0 bridgehead atoms. The molecule has 0 saturated carbocycles. The first kappa shape index (κ1) is 24.6. The summed E-state index contributed by atoms with van der Waals surface area (Å²) in [5.74, 6) is 0.226. The van der Waals surface area contributed by atoms with Crippen molar-refractivity contribution in [2.75, 3.05) is 49.6 Å². The predicted molar refractivity (Wildman–Crippen MR) is 140 cm³/mol. The molecule has 192 valence electrons. The van der Waals surface area contributed by atoms with Gasteiger partial charge in [-0.2, -0.15) is 5.10 Å². The molecule has 0 radical (unpaired) electrons. The predicted octanol–water partition coefficient (Wildman–Crippen LogP) is 3.32. The summed E-state index contributed by atoms with van der Waals surface area (Å²) in [6.07, 6.45) is 6.46. The molecule has 1 saturated heterocycles. The van der Waals surface area contributed by atoms with Crippen LogP contribution in [0.25, 0.3) is 27.8 Å². The normalized spacial score (nSPS) is 15.6. The molecule has 0 spiro atoms. The van der Waals surface area contributed by atoms with Gasteiger partial charge in [0, 0.05) is 56.1 Å². The Hall–Kier alpha value is -3.05. The number of halogens is 1. The molecule has 1 fully saturated rings. The van der Waals surface area contributed by atoms with Gasteiger partial charge >= 0.3 is 0 Å². The van der Waals surface area contributed by atoms with Crippen LogP contribution in [0.15, 0.2) is 18.7 Å². The Labute approximate surface area is 210 Å². The number of nitrogens with one attached hydrogen (secondary N) is 1. The second-order valence-corrected chi connectivity index (χ2v) is 12.3. The van der Waals surface area contributed by atoms with Crippen LogP contribution in [0.2, 0.25) is 0 Å². The van der Waals surface area contributed by atoms with E-state index in [1.165, 1.54) is 12.6 Å². The van der Waals surface area contributed by atoms with Crippen LogP contribution >= 0.6 is 0 Å². The van der Waals surface area contributed by atoms with E-state index in [1.807, 2.05) is 18.0 Å². The van der Waals surface area contributed by atoms with Crippen molar-refractivity contribution in [2.45, 2.75) is 33.6 Å². The Balaban J connectivity index is 1.53. The van der Waals surface area contributed by atoms with Crippen LogP contribution in [0.4, 0.5) is 10.2 Å². The smallest absolute Gasteiger partial charge is 0.175 e. The van der Waals surface area contributed by atoms with Crippen LogP contribution in [-0.4, -0.2) is 82.6 Å². The number of sulfone groups is 1. The number of anilines is 1. The number of aromatic amines is 1. The van der Waals surface area contributed by atoms with Crippen LogP contribution < -0.4 is 4.90 Å². The largest absolute Gasteiger partial charge is 0.353 e. The Kier molecular flexibility index (Phi) is 6.24. The molecule has 1 aliphatic heterocycles. The third-order valence-electron chi connectivity index (χ3n) is 7.22. The van der Waals surface area contributed by atoms with Gasteiger partial charge in [-0.25, -0.2) is 27.3 Å². The van der Waals surface area contributed by atoms with Crippen molar-refractivity contribution in [1.29, 1.82) is 0 Å². The average molecular weight is 514 g/mol. The van der Waals surface area contributed by atoms with Gasteiger partial charge in [0.2, 0.25) is 0 Å². The Bertz CT molecular complexity index is 1550. The maximum absolute atomic E-state index is 16.1. The maximum atomic E-state index is 16.1. The molecule has 0 atom stereocenters. The standard InChI is InChI=1S/C25H32FN7O2S/c1-15(2)20-21-19(30-23(20)18-13-33-24(28-14-29-33)17(4)16(18)3)12-27-25(22(21)26)32-8-6-31(7-9-32)10-11-36(5,34)35/h12-15,30H,6-11H2,1-5H3. The van der Waals surface area contributed by atoms with Crippen molar-refractivity contribution < 1.29 is 12.8 Å². The minimum atomic E-state index is -3.01. The summed E-state index contributed by atoms with van der Waals surface area (Å²) in [6.45, 7) is 11.2. The van der Waals surface area contributed by atoms with E-state index < -0.39 is 9.84 Å². The molecule has 9 nitrogen and oxygen atoms in total. The highest BCUT2D eigenvalue weighted by molar-refractivity contribution is 7.90. The molecule has 5 rings (SSSR count). The number of fused-ring (bicyclic) bond motifs is 2. The van der Waals surface area contributed by atoms with Crippen molar-refractivity contribution in [3.8, 4) is 11.3 Å². The Morgan fingerprint density at radius 1 is 1.11 bits per heavy atom. The Morgan fingerprint density at radius 3 is 2.50 bits per heavy atom. The molecule has 36 heavy (non-hydrogen) atoms. The van der Waals surface area contributed by atoms with Gasteiger partial charge in [-0.3, -0.25) is 4.90 Å². The molecule has 5 heterocycles. The molecule has 11 heteroatoms. The SMILES string of the molecule is Cc1c(-c2[nH]c3cnc(N4CCN(CCS(C)(=O)=O)CC4)c(F)c3c2C(C)C)cn2ncnc2c1C. The van der Waals surface area contributed by atoms with Crippen LogP contribution in [-0.2, 0) is 9.84 Å². The van der Waals surface area contributed by atoms with E-state index in [0.29, 0.717) is 49.4 Å². The molecule has 4 aromatic rings. The maximum Gasteiger partial charge on any atom is 0.175 e. The zero-order valence-electron chi connectivity index (χ0n) is 21.3. The molecule has 1 aliphatic rings. The molecule has 4 aromatic heterocycles. The highest BCUT2D eigenvalue weighted by Crippen LogP contribution is 2.40. The molecule has 1 N–H and O–H groups in total. The van der Waals surface area contributed by atoms with Crippen LogP contribution in [0.3, 0.4) is 0 Å². The quantitative estimate of drug-likeness (QED) is 0.422. The van der Waals surface area contributed by atoms with E-state index in [0.717, 1.165) is 33.6 Å². The number of rotatable bonds is 6. The van der Waals surface area contributed by atoms with Crippen molar-refractivity contribution in [1.82, 2.24) is 29.5 Å². The number of pyridine rings is 2. The van der Waals surface area contributed by atoms with Gasteiger partial charge in [0.15, 0.2) is 17.3 Å². The highest BCUT2D eigenvalue weighted by Gasteiger charge is 2.27. The lowest BCUT2D eigenvalue weighted by atomic mass is 9.94. The van der Waals surface area contributed by atoms with E-state index in [2.05, 4.69) is 45.7 Å². The van der Waals surface area contributed by atoms with Crippen LogP contribution in [0, 0.1) is 19.7 Å². The second kappa shape index (κ2) is 9.11. The molecule has 0 unspecified atom stereocenters. The third kappa shape index (κ3) is 4.34. The number of aryl methyl sites for hydroxylation is 1. The van der Waals surface area contributed by atoms with Gasteiger partial charge in [0.1, 0.15) is 16.2 Å². The van der Waals surface area contributed by atoms with E-state index in [-0.39, 0.29) is 17.5 Å². The lowest BCUT2D eigenvalue weighted by molar-refractivity contribution is 0.270. The van der Waals surface area contributed by atoms with E-state index in [1.54, 1.807) is 10.7 Å². The Morgan fingerprint density at radius 2 is 1.83 bits per heavy atom. The van der Waals surface area contributed by atoms with Crippen molar-refractivity contribution in [3.05, 3.63) is 41.2 Å². The second-order valence-electron chi connectivity index (χ2n) is 10.0. The topological polar surface area (TPSA) is 99.5 Å². The van der Waals surface area contributed by atoms with E-state index in [9.17, 15) is 8.42 Å². The number of nitrogens with zero attached hydrogens (tertiary/aromatic N) is 6. The van der Waals surface area contributed by atoms with E-state index >= 15 is 4.39 Å². The number of piperazine rings is 1. The summed E-state index contributed by atoms with van der Waals surface area (Å²) >= 11 is 0. The van der Waals surface area contributed by atoms with Gasteiger partial charge in [-0.1, -0.05) is 13.8 Å². The summed E-state index contributed by atoms with van der Waals surface area (Å²) in [4.78, 5) is 16.4. The summed E-state index contributed by atoms with van der Waals surface area (Å²) in [5, 5.41) is 4.89. The zero-order valence-corrected chi connectivity index (χ0v) is 22.2. The number of hydrogen-bond acceptors (Lipinski definition) is 7. The fourth-order valence-electron chi connectivity index (χ4n) is 5.10. The first-order valence-electron chi connectivity index (χ1n) is 12.2. The lowest BCUT2D eigenvalue weighted by Gasteiger charge is -2.35. The highest BCUT2D eigenvalue weighted by atomic mass is 32.2. The fourth-order valence-corrected chi connectivity index (χ4v) is 5.69. The van der Waals surface area contributed by atoms with Gasteiger partial charge < -0.3 is 9.88 Å².